The van der Waals surface area contributed by atoms with Gasteiger partial charge in [-0.25, -0.2) is 17.5 Å². The maximum atomic E-state index is 14.1. The molecule has 0 aliphatic rings. The fourth-order valence-electron chi connectivity index (χ4n) is 1.78. The summed E-state index contributed by atoms with van der Waals surface area (Å²) in [4.78, 5) is -0.514. The topological polar surface area (TPSA) is 90.0 Å². The molecular formula is C12H14ClFN4O2S. The van der Waals surface area contributed by atoms with Gasteiger partial charge in [-0.3, -0.25) is 4.68 Å². The zero-order valence-corrected chi connectivity index (χ0v) is 12.7. The maximum absolute atomic E-state index is 14.1. The second-order valence-electron chi connectivity index (χ2n) is 4.43. The third-order valence-electron chi connectivity index (χ3n) is 2.81. The maximum Gasteiger partial charge on any atom is 0.243 e. The highest BCUT2D eigenvalue weighted by molar-refractivity contribution is 7.89. The molecule has 3 N–H and O–H groups in total. The van der Waals surface area contributed by atoms with E-state index in [-0.39, 0.29) is 23.7 Å². The minimum atomic E-state index is -4.04. The fourth-order valence-corrected chi connectivity index (χ4v) is 3.25. The number of hydrogen-bond donors (Lipinski definition) is 2. The summed E-state index contributed by atoms with van der Waals surface area (Å²) in [6, 6.07) is 2.36. The standard InChI is InChI=1S/C12H14ClFN4O2S/c1-18-7-8(5-16-18)6-17-21(19,20)11-3-10(13)2-9(4-15)12(11)14/h2-3,5,7,17H,4,6,15H2,1H3. The lowest BCUT2D eigenvalue weighted by atomic mass is 10.2. The van der Waals surface area contributed by atoms with E-state index in [1.807, 2.05) is 0 Å². The van der Waals surface area contributed by atoms with E-state index >= 15 is 0 Å². The van der Waals surface area contributed by atoms with Crippen LogP contribution in [-0.2, 0) is 30.2 Å². The highest BCUT2D eigenvalue weighted by Crippen LogP contribution is 2.23. The molecule has 1 heterocycles. The van der Waals surface area contributed by atoms with Gasteiger partial charge in [0.15, 0.2) is 0 Å². The lowest BCUT2D eigenvalue weighted by molar-refractivity contribution is 0.549. The van der Waals surface area contributed by atoms with Gasteiger partial charge >= 0.3 is 0 Å². The van der Waals surface area contributed by atoms with Crippen LogP contribution in [0.2, 0.25) is 5.02 Å². The van der Waals surface area contributed by atoms with Crippen molar-refractivity contribution < 1.29 is 12.8 Å². The Morgan fingerprint density at radius 3 is 2.76 bits per heavy atom. The van der Waals surface area contributed by atoms with E-state index in [1.54, 1.807) is 13.2 Å². The number of nitrogens with two attached hydrogens (primary N) is 1. The summed E-state index contributed by atoms with van der Waals surface area (Å²) in [5.74, 6) is -0.888. The van der Waals surface area contributed by atoms with Crippen molar-refractivity contribution in [3.63, 3.8) is 0 Å². The second-order valence-corrected chi connectivity index (χ2v) is 6.60. The number of hydrogen-bond acceptors (Lipinski definition) is 4. The molecule has 0 bridgehead atoms. The Labute approximate surface area is 126 Å². The van der Waals surface area contributed by atoms with Crippen molar-refractivity contribution >= 4 is 21.6 Å². The Balaban J connectivity index is 2.29. The van der Waals surface area contributed by atoms with Gasteiger partial charge in [-0.2, -0.15) is 5.10 Å². The van der Waals surface area contributed by atoms with Gasteiger partial charge in [-0.05, 0) is 12.1 Å². The summed E-state index contributed by atoms with van der Waals surface area (Å²) in [6.45, 7) is -0.141. The number of halogens is 2. The molecule has 0 saturated heterocycles. The minimum Gasteiger partial charge on any atom is -0.326 e. The molecule has 0 aliphatic carbocycles. The number of rotatable bonds is 5. The quantitative estimate of drug-likeness (QED) is 0.859. The number of nitrogens with one attached hydrogen (secondary N) is 1. The summed E-state index contributed by atoms with van der Waals surface area (Å²) in [6.07, 6.45) is 3.17. The molecule has 0 unspecified atom stereocenters. The van der Waals surface area contributed by atoms with Crippen molar-refractivity contribution in [2.45, 2.75) is 18.0 Å². The Morgan fingerprint density at radius 2 is 2.19 bits per heavy atom. The molecule has 1 aromatic carbocycles. The smallest absolute Gasteiger partial charge is 0.243 e. The van der Waals surface area contributed by atoms with Crippen LogP contribution >= 0.6 is 11.6 Å². The van der Waals surface area contributed by atoms with Crippen LogP contribution in [0.15, 0.2) is 29.4 Å². The first kappa shape index (κ1) is 15.9. The lowest BCUT2D eigenvalue weighted by Gasteiger charge is -2.10. The summed E-state index contributed by atoms with van der Waals surface area (Å²) < 4.78 is 42.3. The predicted octanol–water partition coefficient (Wildman–Crippen LogP) is 1.15. The van der Waals surface area contributed by atoms with Gasteiger partial charge in [-0.15, -0.1) is 0 Å². The molecule has 2 aromatic rings. The monoisotopic (exact) mass is 332 g/mol. The molecule has 0 saturated carbocycles. The van der Waals surface area contributed by atoms with Crippen molar-refractivity contribution in [1.29, 1.82) is 0 Å². The van der Waals surface area contributed by atoms with Crippen LogP contribution < -0.4 is 10.5 Å². The number of benzene rings is 1. The molecule has 9 heteroatoms. The van der Waals surface area contributed by atoms with E-state index < -0.39 is 20.7 Å². The van der Waals surface area contributed by atoms with Crippen LogP contribution in [-0.4, -0.2) is 18.2 Å². The number of nitrogens with zero attached hydrogens (tertiary/aromatic N) is 2. The number of aryl methyl sites for hydroxylation is 1. The van der Waals surface area contributed by atoms with E-state index in [0.29, 0.717) is 5.56 Å². The first-order chi connectivity index (χ1) is 9.83. The number of aromatic nitrogens is 2. The molecule has 114 valence electrons. The van der Waals surface area contributed by atoms with Gasteiger partial charge in [-0.1, -0.05) is 11.6 Å². The SMILES string of the molecule is Cn1cc(CNS(=O)(=O)c2cc(Cl)cc(CN)c2F)cn1. The Hall–Kier alpha value is -1.48. The highest BCUT2D eigenvalue weighted by Gasteiger charge is 2.22. The van der Waals surface area contributed by atoms with Crippen LogP contribution in [0.4, 0.5) is 4.39 Å². The zero-order chi connectivity index (χ0) is 15.6. The van der Waals surface area contributed by atoms with Crippen LogP contribution in [0.3, 0.4) is 0 Å². The second kappa shape index (κ2) is 6.10. The van der Waals surface area contributed by atoms with Crippen molar-refractivity contribution in [1.82, 2.24) is 14.5 Å². The van der Waals surface area contributed by atoms with E-state index in [1.165, 1.54) is 16.9 Å². The number of sulfonamides is 1. The molecule has 21 heavy (non-hydrogen) atoms. The minimum absolute atomic E-state index is 0.0000843. The lowest BCUT2D eigenvalue weighted by Crippen LogP contribution is -2.24. The molecule has 0 atom stereocenters. The molecule has 6 nitrogen and oxygen atoms in total. The van der Waals surface area contributed by atoms with Crippen molar-refractivity contribution in [3.05, 3.63) is 46.5 Å². The Bertz CT molecular complexity index is 761. The van der Waals surface area contributed by atoms with Crippen LogP contribution in [0, 0.1) is 5.82 Å². The Kier molecular flexibility index (Phi) is 4.62. The first-order valence-electron chi connectivity index (χ1n) is 5.98. The summed E-state index contributed by atoms with van der Waals surface area (Å²) in [5.41, 5.74) is 6.08. The predicted molar refractivity (Wildman–Crippen MR) is 76.5 cm³/mol. The van der Waals surface area contributed by atoms with Crippen molar-refractivity contribution in [3.8, 4) is 0 Å². The molecule has 0 aliphatic heterocycles. The van der Waals surface area contributed by atoms with E-state index in [4.69, 9.17) is 17.3 Å². The van der Waals surface area contributed by atoms with Crippen LogP contribution in [0.25, 0.3) is 0 Å². The molecular weight excluding hydrogens is 319 g/mol. The molecule has 0 spiro atoms. The largest absolute Gasteiger partial charge is 0.326 e. The van der Waals surface area contributed by atoms with Gasteiger partial charge in [0, 0.05) is 42.5 Å². The summed E-state index contributed by atoms with van der Waals surface area (Å²) >= 11 is 5.80. The molecule has 0 amide bonds. The molecule has 0 fully saturated rings. The highest BCUT2D eigenvalue weighted by atomic mass is 35.5. The third-order valence-corrected chi connectivity index (χ3v) is 4.43. The van der Waals surface area contributed by atoms with Crippen LogP contribution in [0.5, 0.6) is 0 Å². The van der Waals surface area contributed by atoms with Crippen molar-refractivity contribution in [2.75, 3.05) is 0 Å². The van der Waals surface area contributed by atoms with E-state index in [2.05, 4.69) is 9.82 Å². The van der Waals surface area contributed by atoms with Gasteiger partial charge in [0.2, 0.25) is 10.0 Å². The zero-order valence-electron chi connectivity index (χ0n) is 11.2. The molecule has 2 rings (SSSR count). The van der Waals surface area contributed by atoms with E-state index in [0.717, 1.165) is 6.07 Å². The van der Waals surface area contributed by atoms with E-state index in [9.17, 15) is 12.8 Å². The summed E-state index contributed by atoms with van der Waals surface area (Å²) in [7, 11) is -2.33. The Morgan fingerprint density at radius 1 is 1.48 bits per heavy atom. The average molecular weight is 333 g/mol. The normalized spacial score (nSPS) is 11.8. The molecule has 0 radical (unpaired) electrons. The average Bonchev–Trinajstić information content (AvgIpc) is 2.84. The van der Waals surface area contributed by atoms with Gasteiger partial charge < -0.3 is 5.73 Å². The van der Waals surface area contributed by atoms with Crippen LogP contribution in [0.1, 0.15) is 11.1 Å². The van der Waals surface area contributed by atoms with Gasteiger partial charge in [0.1, 0.15) is 10.7 Å². The van der Waals surface area contributed by atoms with Gasteiger partial charge in [0.05, 0.1) is 6.20 Å². The van der Waals surface area contributed by atoms with Gasteiger partial charge in [0.25, 0.3) is 0 Å². The first-order valence-corrected chi connectivity index (χ1v) is 7.85. The third kappa shape index (κ3) is 3.59. The molecule has 1 aromatic heterocycles. The fraction of sp³-hybridized carbons (Fsp3) is 0.250. The van der Waals surface area contributed by atoms with Crippen molar-refractivity contribution in [2.24, 2.45) is 12.8 Å². The summed E-state index contributed by atoms with van der Waals surface area (Å²) in [5, 5.41) is 4.03.